The zero-order chi connectivity index (χ0) is 9.85. The normalized spacial score (nSPS) is 30.5. The van der Waals surface area contributed by atoms with E-state index in [1.165, 1.54) is 17.0 Å². The zero-order valence-corrected chi connectivity index (χ0v) is 8.86. The van der Waals surface area contributed by atoms with Gasteiger partial charge in [-0.05, 0) is 37.3 Å². The molecule has 1 aliphatic rings. The maximum atomic E-state index is 6.34. The molecule has 72 valence electrons. The third-order valence-electron chi connectivity index (χ3n) is 3.43. The van der Waals surface area contributed by atoms with E-state index < -0.39 is 0 Å². The minimum absolute atomic E-state index is 0.0815. The predicted octanol–water partition coefficient (Wildman–Crippen LogP) is 2.22. The van der Waals surface area contributed by atoms with Crippen LogP contribution < -0.4 is 5.73 Å². The summed E-state index contributed by atoms with van der Waals surface area (Å²) in [6.45, 7) is 8.64. The van der Waals surface area contributed by atoms with Crippen molar-refractivity contribution in [3.63, 3.8) is 0 Å². The highest BCUT2D eigenvalue weighted by atomic mass is 14.9. The molecule has 1 atom stereocenters. The third kappa shape index (κ3) is 1.05. The quantitative estimate of drug-likeness (QED) is 0.680. The topological polar surface area (TPSA) is 41.8 Å². The molecule has 2 heteroatoms. The molecule has 1 heterocycles. The second kappa shape index (κ2) is 2.18. The van der Waals surface area contributed by atoms with Crippen molar-refractivity contribution >= 4 is 0 Å². The maximum Gasteiger partial charge on any atom is 0.0485 e. The maximum absolute atomic E-state index is 6.34. The van der Waals surface area contributed by atoms with Crippen molar-refractivity contribution in [2.45, 2.75) is 39.7 Å². The highest BCUT2D eigenvalue weighted by Crippen LogP contribution is 2.60. The van der Waals surface area contributed by atoms with Gasteiger partial charge < -0.3 is 10.7 Å². The summed E-state index contributed by atoms with van der Waals surface area (Å²) in [7, 11) is 0. The first-order valence-electron chi connectivity index (χ1n) is 4.82. The Hall–Kier alpha value is -0.760. The molecule has 3 N–H and O–H groups in total. The van der Waals surface area contributed by atoms with Gasteiger partial charge in [-0.25, -0.2) is 0 Å². The van der Waals surface area contributed by atoms with Crippen LogP contribution in [0.2, 0.25) is 0 Å². The van der Waals surface area contributed by atoms with Gasteiger partial charge in [0.1, 0.15) is 0 Å². The molecule has 0 spiro atoms. The number of H-pyrrole nitrogens is 1. The molecule has 0 amide bonds. The van der Waals surface area contributed by atoms with E-state index >= 15 is 0 Å². The number of aryl methyl sites for hydroxylation is 2. The number of hydrogen-bond acceptors (Lipinski definition) is 1. The lowest BCUT2D eigenvalue weighted by molar-refractivity contribution is 0.508. The number of rotatable bonds is 1. The molecule has 0 bridgehead atoms. The first-order chi connectivity index (χ1) is 5.87. The lowest BCUT2D eigenvalue weighted by atomic mass is 9.97. The Morgan fingerprint density at radius 2 is 1.92 bits per heavy atom. The average Bonchev–Trinajstić information content (AvgIpc) is 2.34. The minimum atomic E-state index is -0.0815. The molecule has 0 aromatic carbocycles. The highest BCUT2D eigenvalue weighted by molar-refractivity contribution is 5.39. The van der Waals surface area contributed by atoms with E-state index in [1.54, 1.807) is 0 Å². The van der Waals surface area contributed by atoms with Crippen molar-refractivity contribution in [3.8, 4) is 0 Å². The van der Waals surface area contributed by atoms with Crippen LogP contribution in [0, 0.1) is 19.3 Å². The molecule has 2 rings (SSSR count). The fraction of sp³-hybridized carbons (Fsp3) is 0.636. The first kappa shape index (κ1) is 8.82. The fourth-order valence-electron chi connectivity index (χ4n) is 2.30. The van der Waals surface area contributed by atoms with Crippen LogP contribution in [0.4, 0.5) is 0 Å². The van der Waals surface area contributed by atoms with Gasteiger partial charge in [-0.1, -0.05) is 13.8 Å². The number of aromatic amines is 1. The molecule has 1 aliphatic carbocycles. The lowest BCUT2D eigenvalue weighted by Crippen LogP contribution is -2.25. The van der Waals surface area contributed by atoms with Crippen LogP contribution in [-0.4, -0.2) is 4.98 Å². The summed E-state index contributed by atoms with van der Waals surface area (Å²) in [6.07, 6.45) is 1.10. The molecule has 0 radical (unpaired) electrons. The van der Waals surface area contributed by atoms with Gasteiger partial charge in [0.2, 0.25) is 0 Å². The molecule has 1 aromatic heterocycles. The van der Waals surface area contributed by atoms with Gasteiger partial charge in [-0.2, -0.15) is 0 Å². The molecule has 1 saturated carbocycles. The van der Waals surface area contributed by atoms with E-state index in [0.717, 1.165) is 6.42 Å². The van der Waals surface area contributed by atoms with E-state index in [0.29, 0.717) is 0 Å². The SMILES string of the molecule is Cc1cc(C2(N)CC2(C)C)c(C)[nH]1. The van der Waals surface area contributed by atoms with Crippen molar-refractivity contribution in [2.24, 2.45) is 11.1 Å². The Morgan fingerprint density at radius 3 is 2.23 bits per heavy atom. The van der Waals surface area contributed by atoms with E-state index in [4.69, 9.17) is 5.73 Å². The fourth-order valence-corrected chi connectivity index (χ4v) is 2.30. The van der Waals surface area contributed by atoms with Crippen LogP contribution in [-0.2, 0) is 5.54 Å². The van der Waals surface area contributed by atoms with Gasteiger partial charge >= 0.3 is 0 Å². The number of nitrogens with one attached hydrogen (secondary N) is 1. The summed E-state index contributed by atoms with van der Waals surface area (Å²) >= 11 is 0. The molecule has 13 heavy (non-hydrogen) atoms. The number of nitrogens with two attached hydrogens (primary N) is 1. The first-order valence-corrected chi connectivity index (χ1v) is 4.82. The minimum Gasteiger partial charge on any atom is -0.362 e. The van der Waals surface area contributed by atoms with Crippen LogP contribution in [0.1, 0.15) is 37.2 Å². The van der Waals surface area contributed by atoms with Gasteiger partial charge in [0.25, 0.3) is 0 Å². The van der Waals surface area contributed by atoms with E-state index in [2.05, 4.69) is 38.7 Å². The summed E-state index contributed by atoms with van der Waals surface area (Å²) in [5.74, 6) is 0. The van der Waals surface area contributed by atoms with E-state index in [9.17, 15) is 0 Å². The van der Waals surface area contributed by atoms with Gasteiger partial charge in [0, 0.05) is 16.9 Å². The Bertz CT molecular complexity index is 349. The van der Waals surface area contributed by atoms with Crippen molar-refractivity contribution in [1.82, 2.24) is 4.98 Å². The summed E-state index contributed by atoms with van der Waals surface area (Å²) in [5, 5.41) is 0. The Balaban J connectivity index is 2.43. The van der Waals surface area contributed by atoms with Gasteiger partial charge in [0.05, 0.1) is 0 Å². The van der Waals surface area contributed by atoms with Gasteiger partial charge in [-0.3, -0.25) is 0 Å². The zero-order valence-electron chi connectivity index (χ0n) is 8.86. The highest BCUT2D eigenvalue weighted by Gasteiger charge is 2.60. The molecular formula is C11H18N2. The van der Waals surface area contributed by atoms with Crippen LogP contribution in [0.5, 0.6) is 0 Å². The van der Waals surface area contributed by atoms with E-state index in [1.807, 2.05) is 0 Å². The third-order valence-corrected chi connectivity index (χ3v) is 3.43. The molecule has 2 nitrogen and oxygen atoms in total. The Kier molecular flexibility index (Phi) is 1.48. The lowest BCUT2D eigenvalue weighted by Gasteiger charge is -2.14. The number of aromatic nitrogens is 1. The van der Waals surface area contributed by atoms with Crippen molar-refractivity contribution in [2.75, 3.05) is 0 Å². The molecule has 0 aliphatic heterocycles. The smallest absolute Gasteiger partial charge is 0.0485 e. The summed E-state index contributed by atoms with van der Waals surface area (Å²) in [5.41, 5.74) is 10.3. The van der Waals surface area contributed by atoms with E-state index in [-0.39, 0.29) is 11.0 Å². The van der Waals surface area contributed by atoms with Crippen molar-refractivity contribution in [3.05, 3.63) is 23.0 Å². The Labute approximate surface area is 79.5 Å². The predicted molar refractivity (Wildman–Crippen MR) is 54.5 cm³/mol. The summed E-state index contributed by atoms with van der Waals surface area (Å²) in [6, 6.07) is 2.18. The van der Waals surface area contributed by atoms with Crippen LogP contribution >= 0.6 is 0 Å². The molecular weight excluding hydrogens is 160 g/mol. The van der Waals surface area contributed by atoms with Crippen LogP contribution in [0.15, 0.2) is 6.07 Å². The molecule has 1 fully saturated rings. The van der Waals surface area contributed by atoms with Crippen molar-refractivity contribution in [1.29, 1.82) is 0 Å². The number of hydrogen-bond donors (Lipinski definition) is 2. The monoisotopic (exact) mass is 178 g/mol. The second-order valence-corrected chi connectivity index (χ2v) is 5.02. The van der Waals surface area contributed by atoms with Crippen molar-refractivity contribution < 1.29 is 0 Å². The second-order valence-electron chi connectivity index (χ2n) is 5.02. The van der Waals surface area contributed by atoms with Crippen LogP contribution in [0.3, 0.4) is 0 Å². The molecule has 0 saturated heterocycles. The van der Waals surface area contributed by atoms with Gasteiger partial charge in [-0.15, -0.1) is 0 Å². The summed E-state index contributed by atoms with van der Waals surface area (Å²) < 4.78 is 0. The summed E-state index contributed by atoms with van der Waals surface area (Å²) in [4.78, 5) is 3.31. The molecule has 1 aromatic rings. The average molecular weight is 178 g/mol. The largest absolute Gasteiger partial charge is 0.362 e. The molecule has 1 unspecified atom stereocenters. The Morgan fingerprint density at radius 1 is 1.38 bits per heavy atom. The standard InChI is InChI=1S/C11H18N2/c1-7-5-9(8(2)13-7)11(12)6-10(11,3)4/h5,13H,6,12H2,1-4H3. The van der Waals surface area contributed by atoms with Gasteiger partial charge in [0.15, 0.2) is 0 Å². The van der Waals surface area contributed by atoms with Crippen LogP contribution in [0.25, 0.3) is 0 Å².